The Labute approximate surface area is 201 Å². The fourth-order valence-electron chi connectivity index (χ4n) is 3.98. The van der Waals surface area contributed by atoms with Crippen molar-refractivity contribution in [1.29, 1.82) is 0 Å². The molecule has 3 rings (SSSR count). The number of fused-ring (bicyclic) bond motifs is 1. The second-order valence-electron chi connectivity index (χ2n) is 9.78. The number of benzene rings is 1. The molecule has 0 aliphatic carbocycles. The van der Waals surface area contributed by atoms with E-state index in [2.05, 4.69) is 24.1 Å². The average molecular weight is 488 g/mol. The molecule has 1 N–H and O–H groups in total. The monoisotopic (exact) mass is 487 g/mol. The smallest absolute Gasteiger partial charge is 0.411 e. The molecule has 0 saturated carbocycles. The fourth-order valence-corrected chi connectivity index (χ4v) is 4.80. The summed E-state index contributed by atoms with van der Waals surface area (Å²) in [7, 11) is -3.31. The van der Waals surface area contributed by atoms with Crippen molar-refractivity contribution in [3.8, 4) is 0 Å². The normalized spacial score (nSPS) is 15.9. The maximum Gasteiger partial charge on any atom is 0.411 e. The molecule has 9 heteroatoms. The molecular weight excluding hydrogens is 454 g/mol. The molecule has 0 spiro atoms. The standard InChI is InChI=1S/C25H33N3O5S/c1-7-34(31,32)20-10-9-19(26-14-20)13-27-23(29)17-8-11-21-18(12-17)15-28(22(21)16(2)3)24(30)33-25(4,5)6/h8-12,14,16,22H,7,13,15H2,1-6H3,(H,27,29). The molecule has 1 aromatic heterocycles. The summed E-state index contributed by atoms with van der Waals surface area (Å²) in [4.78, 5) is 31.6. The van der Waals surface area contributed by atoms with Crippen LogP contribution >= 0.6 is 0 Å². The maximum absolute atomic E-state index is 12.8. The second kappa shape index (κ2) is 9.74. The first-order chi connectivity index (χ1) is 15.8. The molecule has 2 aromatic rings. The van der Waals surface area contributed by atoms with E-state index in [1.54, 1.807) is 24.0 Å². The molecule has 8 nitrogen and oxygen atoms in total. The van der Waals surface area contributed by atoms with Gasteiger partial charge in [-0.25, -0.2) is 13.2 Å². The van der Waals surface area contributed by atoms with Gasteiger partial charge in [-0.05, 0) is 62.1 Å². The van der Waals surface area contributed by atoms with Crippen LogP contribution in [0.2, 0.25) is 0 Å². The number of sulfone groups is 1. The van der Waals surface area contributed by atoms with E-state index in [1.807, 2.05) is 32.9 Å². The first-order valence-corrected chi connectivity index (χ1v) is 13.1. The van der Waals surface area contributed by atoms with Gasteiger partial charge in [0.15, 0.2) is 9.84 Å². The summed E-state index contributed by atoms with van der Waals surface area (Å²) in [6.45, 7) is 11.8. The zero-order valence-corrected chi connectivity index (χ0v) is 21.4. The first-order valence-electron chi connectivity index (χ1n) is 11.4. The first kappa shape index (κ1) is 25.7. The molecule has 1 aliphatic heterocycles. The Morgan fingerprint density at radius 2 is 1.91 bits per heavy atom. The summed E-state index contributed by atoms with van der Waals surface area (Å²) in [5.41, 5.74) is 2.39. The topological polar surface area (TPSA) is 106 Å². The number of pyridine rings is 1. The van der Waals surface area contributed by atoms with Crippen molar-refractivity contribution in [2.24, 2.45) is 5.92 Å². The molecule has 0 saturated heterocycles. The van der Waals surface area contributed by atoms with E-state index in [-0.39, 0.29) is 41.2 Å². The van der Waals surface area contributed by atoms with Crippen LogP contribution in [0.3, 0.4) is 0 Å². The highest BCUT2D eigenvalue weighted by molar-refractivity contribution is 7.91. The van der Waals surface area contributed by atoms with Gasteiger partial charge < -0.3 is 10.1 Å². The van der Waals surface area contributed by atoms with E-state index < -0.39 is 15.4 Å². The molecule has 34 heavy (non-hydrogen) atoms. The van der Waals surface area contributed by atoms with Gasteiger partial charge in [-0.3, -0.25) is 14.7 Å². The van der Waals surface area contributed by atoms with Crippen LogP contribution in [0.15, 0.2) is 41.4 Å². The molecule has 1 unspecified atom stereocenters. The number of amides is 2. The lowest BCUT2D eigenvalue weighted by Gasteiger charge is -2.30. The number of carbonyl (C=O) groups is 2. The van der Waals surface area contributed by atoms with E-state index >= 15 is 0 Å². The van der Waals surface area contributed by atoms with Gasteiger partial charge in [-0.15, -0.1) is 0 Å². The van der Waals surface area contributed by atoms with E-state index in [0.29, 0.717) is 17.8 Å². The molecule has 1 aliphatic rings. The molecule has 0 radical (unpaired) electrons. The summed E-state index contributed by atoms with van der Waals surface area (Å²) in [5.74, 6) is -0.0859. The van der Waals surface area contributed by atoms with Crippen LogP contribution in [0.4, 0.5) is 4.79 Å². The number of hydrogen-bond acceptors (Lipinski definition) is 6. The predicted molar refractivity (Wildman–Crippen MR) is 129 cm³/mol. The Balaban J connectivity index is 1.72. The minimum absolute atomic E-state index is 0.00607. The van der Waals surface area contributed by atoms with Gasteiger partial charge in [0.25, 0.3) is 5.91 Å². The minimum Gasteiger partial charge on any atom is -0.444 e. The van der Waals surface area contributed by atoms with Crippen LogP contribution in [-0.2, 0) is 27.7 Å². The highest BCUT2D eigenvalue weighted by Gasteiger charge is 2.38. The molecule has 1 aromatic carbocycles. The lowest BCUT2D eigenvalue weighted by Crippen LogP contribution is -2.37. The van der Waals surface area contributed by atoms with Crippen molar-refractivity contribution in [2.75, 3.05) is 5.75 Å². The predicted octanol–water partition coefficient (Wildman–Crippen LogP) is 4.25. The largest absolute Gasteiger partial charge is 0.444 e. The van der Waals surface area contributed by atoms with Crippen molar-refractivity contribution in [2.45, 2.75) is 71.2 Å². The summed E-state index contributed by atoms with van der Waals surface area (Å²) < 4.78 is 29.4. The van der Waals surface area contributed by atoms with Crippen molar-refractivity contribution in [3.63, 3.8) is 0 Å². The molecular formula is C25H33N3O5S. The number of hydrogen-bond donors (Lipinski definition) is 1. The molecule has 2 amide bonds. The SMILES string of the molecule is CCS(=O)(=O)c1ccc(CNC(=O)c2ccc3c(c2)CN(C(=O)OC(C)(C)C)C3C(C)C)nc1. The zero-order valence-electron chi connectivity index (χ0n) is 20.6. The number of nitrogens with one attached hydrogen (secondary N) is 1. The summed E-state index contributed by atoms with van der Waals surface area (Å²) in [6, 6.07) is 8.45. The summed E-state index contributed by atoms with van der Waals surface area (Å²) in [5, 5.41) is 2.82. The van der Waals surface area contributed by atoms with Crippen LogP contribution in [0.1, 0.15) is 74.8 Å². The van der Waals surface area contributed by atoms with Gasteiger partial charge in [-0.2, -0.15) is 0 Å². The number of nitrogens with zero attached hydrogens (tertiary/aromatic N) is 2. The third kappa shape index (κ3) is 5.75. The van der Waals surface area contributed by atoms with Crippen molar-refractivity contribution in [1.82, 2.24) is 15.2 Å². The lowest BCUT2D eigenvalue weighted by molar-refractivity contribution is 0.0127. The molecule has 2 heterocycles. The highest BCUT2D eigenvalue weighted by atomic mass is 32.2. The van der Waals surface area contributed by atoms with Crippen LogP contribution < -0.4 is 5.32 Å². The zero-order chi connectivity index (χ0) is 25.3. The summed E-state index contributed by atoms with van der Waals surface area (Å²) in [6.07, 6.45) is 0.945. The van der Waals surface area contributed by atoms with Crippen LogP contribution in [-0.4, -0.2) is 41.7 Å². The van der Waals surface area contributed by atoms with Crippen LogP contribution in [0.25, 0.3) is 0 Å². The Bertz CT molecular complexity index is 1170. The molecule has 0 fully saturated rings. The van der Waals surface area contributed by atoms with Gasteiger partial charge in [0.2, 0.25) is 0 Å². The number of carbonyl (C=O) groups excluding carboxylic acids is 2. The van der Waals surface area contributed by atoms with Gasteiger partial charge in [0, 0.05) is 11.8 Å². The third-order valence-corrected chi connectivity index (χ3v) is 7.35. The van der Waals surface area contributed by atoms with E-state index in [1.165, 1.54) is 12.3 Å². The molecule has 0 bridgehead atoms. The summed E-state index contributed by atoms with van der Waals surface area (Å²) >= 11 is 0. The number of rotatable bonds is 6. The van der Waals surface area contributed by atoms with E-state index in [0.717, 1.165) is 11.1 Å². The highest BCUT2D eigenvalue weighted by Crippen LogP contribution is 2.39. The van der Waals surface area contributed by atoms with E-state index in [9.17, 15) is 18.0 Å². The third-order valence-electron chi connectivity index (χ3n) is 5.63. The van der Waals surface area contributed by atoms with Crippen molar-refractivity contribution < 1.29 is 22.7 Å². The molecule has 1 atom stereocenters. The number of ether oxygens (including phenoxy) is 1. The van der Waals surface area contributed by atoms with Crippen LogP contribution in [0, 0.1) is 5.92 Å². The van der Waals surface area contributed by atoms with Crippen LogP contribution in [0.5, 0.6) is 0 Å². The number of aromatic nitrogens is 1. The Morgan fingerprint density at radius 3 is 2.47 bits per heavy atom. The Morgan fingerprint density at radius 1 is 1.21 bits per heavy atom. The second-order valence-corrected chi connectivity index (χ2v) is 12.1. The minimum atomic E-state index is -3.31. The Kier molecular flexibility index (Phi) is 7.35. The van der Waals surface area contributed by atoms with Crippen molar-refractivity contribution >= 4 is 21.8 Å². The van der Waals surface area contributed by atoms with Gasteiger partial charge in [-0.1, -0.05) is 26.8 Å². The Hall–Kier alpha value is -2.94. The quantitative estimate of drug-likeness (QED) is 0.653. The maximum atomic E-state index is 12.8. The van der Waals surface area contributed by atoms with Gasteiger partial charge in [0.05, 0.1) is 35.5 Å². The molecule has 184 valence electrons. The lowest BCUT2D eigenvalue weighted by atomic mass is 9.94. The van der Waals surface area contributed by atoms with Gasteiger partial charge in [0.1, 0.15) is 5.60 Å². The van der Waals surface area contributed by atoms with Crippen molar-refractivity contribution in [3.05, 3.63) is 58.9 Å². The van der Waals surface area contributed by atoms with Gasteiger partial charge >= 0.3 is 6.09 Å². The fraction of sp³-hybridized carbons (Fsp3) is 0.480. The average Bonchev–Trinajstić information content (AvgIpc) is 3.16. The van der Waals surface area contributed by atoms with E-state index in [4.69, 9.17) is 4.74 Å².